The molecular formula is C19H23N3O2S. The van der Waals surface area contributed by atoms with Crippen molar-refractivity contribution in [2.24, 2.45) is 0 Å². The summed E-state index contributed by atoms with van der Waals surface area (Å²) in [6.45, 7) is 8.09. The number of benzene rings is 1. The molecule has 1 heterocycles. The summed E-state index contributed by atoms with van der Waals surface area (Å²) in [5, 5.41) is 6.05. The molecule has 2 aromatic rings. The van der Waals surface area contributed by atoms with E-state index in [1.54, 1.807) is 25.3 Å². The van der Waals surface area contributed by atoms with Crippen LogP contribution in [0, 0.1) is 13.8 Å². The molecular weight excluding hydrogens is 334 g/mol. The summed E-state index contributed by atoms with van der Waals surface area (Å²) in [5.74, 6) is -0.511. The number of pyridine rings is 1. The normalized spacial score (nSPS) is 11.7. The maximum absolute atomic E-state index is 12.6. The maximum Gasteiger partial charge on any atom is 0.254 e. The van der Waals surface area contributed by atoms with Crippen LogP contribution in [0.2, 0.25) is 0 Å². The molecule has 0 spiro atoms. The first-order valence-corrected chi connectivity index (χ1v) is 9.02. The van der Waals surface area contributed by atoms with Crippen molar-refractivity contribution in [1.29, 1.82) is 0 Å². The molecule has 2 N–H and O–H groups in total. The van der Waals surface area contributed by atoms with Crippen LogP contribution in [-0.4, -0.2) is 29.4 Å². The van der Waals surface area contributed by atoms with Crippen molar-refractivity contribution in [3.8, 4) is 0 Å². The number of rotatable bonds is 6. The molecule has 1 aromatic carbocycles. The molecule has 132 valence electrons. The average molecular weight is 357 g/mol. The van der Waals surface area contributed by atoms with Gasteiger partial charge >= 0.3 is 0 Å². The number of likely N-dealkylation sites (N-methyl/N-ethyl adjacent to an activating group) is 1. The van der Waals surface area contributed by atoms with Gasteiger partial charge in [0.1, 0.15) is 11.1 Å². The Kier molecular flexibility index (Phi) is 6.58. The zero-order valence-electron chi connectivity index (χ0n) is 14.9. The minimum absolute atomic E-state index is 0.205. The summed E-state index contributed by atoms with van der Waals surface area (Å²) in [4.78, 5) is 29.8. The largest absolute Gasteiger partial charge is 0.355 e. The molecule has 25 heavy (non-hydrogen) atoms. The number of aryl methyl sites for hydroxylation is 2. The molecule has 2 amide bonds. The lowest BCUT2D eigenvalue weighted by molar-refractivity contribution is -0.122. The molecule has 1 aromatic heterocycles. The van der Waals surface area contributed by atoms with Gasteiger partial charge in [-0.2, -0.15) is 0 Å². The summed E-state index contributed by atoms with van der Waals surface area (Å²) in [6.07, 6.45) is 1.66. The molecule has 0 saturated carbocycles. The van der Waals surface area contributed by atoms with E-state index in [-0.39, 0.29) is 11.8 Å². The van der Waals surface area contributed by atoms with Gasteiger partial charge in [0.2, 0.25) is 5.91 Å². The van der Waals surface area contributed by atoms with E-state index in [2.05, 4.69) is 33.8 Å². The first-order valence-electron chi connectivity index (χ1n) is 8.21. The monoisotopic (exact) mass is 357 g/mol. The van der Waals surface area contributed by atoms with Gasteiger partial charge in [-0.3, -0.25) is 9.59 Å². The molecule has 6 heteroatoms. The standard InChI is InChI=1S/C19H23N3O2S/c1-5-20-17(23)14(4)22-18(24)15-7-6-10-21-19(15)25-16-11-12(2)8-9-13(16)3/h6-11,14H,5H2,1-4H3,(H,20,23)(H,22,24). The second-order valence-electron chi connectivity index (χ2n) is 5.82. The number of carbonyl (C=O) groups is 2. The Morgan fingerprint density at radius 2 is 2.00 bits per heavy atom. The fourth-order valence-corrected chi connectivity index (χ4v) is 3.30. The topological polar surface area (TPSA) is 71.1 Å². The van der Waals surface area contributed by atoms with Crippen LogP contribution in [0.4, 0.5) is 0 Å². The predicted octanol–water partition coefficient (Wildman–Crippen LogP) is 3.10. The van der Waals surface area contributed by atoms with Gasteiger partial charge in [-0.1, -0.05) is 23.9 Å². The average Bonchev–Trinajstić information content (AvgIpc) is 2.58. The van der Waals surface area contributed by atoms with Crippen LogP contribution in [0.25, 0.3) is 0 Å². The van der Waals surface area contributed by atoms with Crippen molar-refractivity contribution in [3.63, 3.8) is 0 Å². The summed E-state index contributed by atoms with van der Waals surface area (Å²) >= 11 is 1.46. The number of nitrogens with one attached hydrogen (secondary N) is 2. The van der Waals surface area contributed by atoms with Gasteiger partial charge in [0.25, 0.3) is 5.91 Å². The highest BCUT2D eigenvalue weighted by Gasteiger charge is 2.19. The first-order chi connectivity index (χ1) is 11.9. The fraction of sp³-hybridized carbons (Fsp3) is 0.316. The van der Waals surface area contributed by atoms with E-state index >= 15 is 0 Å². The van der Waals surface area contributed by atoms with Gasteiger partial charge in [0.15, 0.2) is 0 Å². The number of nitrogens with zero attached hydrogens (tertiary/aromatic N) is 1. The Bertz CT molecular complexity index is 777. The zero-order valence-corrected chi connectivity index (χ0v) is 15.7. The predicted molar refractivity (Wildman–Crippen MR) is 99.9 cm³/mol. The maximum atomic E-state index is 12.6. The highest BCUT2D eigenvalue weighted by Crippen LogP contribution is 2.31. The summed E-state index contributed by atoms with van der Waals surface area (Å²) in [5.41, 5.74) is 2.74. The second kappa shape index (κ2) is 8.67. The van der Waals surface area contributed by atoms with E-state index in [0.717, 1.165) is 16.0 Å². The zero-order chi connectivity index (χ0) is 18.4. The van der Waals surface area contributed by atoms with Crippen molar-refractivity contribution in [2.75, 3.05) is 6.54 Å². The van der Waals surface area contributed by atoms with E-state index in [4.69, 9.17) is 0 Å². The molecule has 0 radical (unpaired) electrons. The highest BCUT2D eigenvalue weighted by molar-refractivity contribution is 7.99. The molecule has 0 fully saturated rings. The summed E-state index contributed by atoms with van der Waals surface area (Å²) in [7, 11) is 0. The lowest BCUT2D eigenvalue weighted by Crippen LogP contribution is -2.44. The molecule has 5 nitrogen and oxygen atoms in total. The number of hydrogen-bond donors (Lipinski definition) is 2. The van der Waals surface area contributed by atoms with Gasteiger partial charge in [0, 0.05) is 17.6 Å². The van der Waals surface area contributed by atoms with Crippen LogP contribution in [-0.2, 0) is 4.79 Å². The second-order valence-corrected chi connectivity index (χ2v) is 6.85. The van der Waals surface area contributed by atoms with E-state index in [1.165, 1.54) is 11.8 Å². The van der Waals surface area contributed by atoms with Gasteiger partial charge in [-0.25, -0.2) is 4.98 Å². The van der Waals surface area contributed by atoms with Crippen LogP contribution in [0.15, 0.2) is 46.5 Å². The van der Waals surface area contributed by atoms with Gasteiger partial charge in [-0.05, 0) is 57.0 Å². The van der Waals surface area contributed by atoms with Crippen LogP contribution in [0.5, 0.6) is 0 Å². The lowest BCUT2D eigenvalue weighted by Gasteiger charge is -2.15. The number of carbonyl (C=O) groups excluding carboxylic acids is 2. The minimum atomic E-state index is -0.605. The molecule has 0 aliphatic carbocycles. The molecule has 1 atom stereocenters. The lowest BCUT2D eigenvalue weighted by atomic mass is 10.2. The SMILES string of the molecule is CCNC(=O)C(C)NC(=O)c1cccnc1Sc1cc(C)ccc1C. The van der Waals surface area contributed by atoms with E-state index in [1.807, 2.05) is 20.8 Å². The third kappa shape index (κ3) is 5.06. The molecule has 1 unspecified atom stereocenters. The third-order valence-electron chi connectivity index (χ3n) is 3.66. The van der Waals surface area contributed by atoms with E-state index in [9.17, 15) is 9.59 Å². The minimum Gasteiger partial charge on any atom is -0.355 e. The molecule has 0 saturated heterocycles. The molecule has 2 rings (SSSR count). The van der Waals surface area contributed by atoms with Crippen molar-refractivity contribution in [3.05, 3.63) is 53.2 Å². The fourth-order valence-electron chi connectivity index (χ4n) is 2.23. The Hall–Kier alpha value is -2.34. The Morgan fingerprint density at radius 3 is 2.72 bits per heavy atom. The highest BCUT2D eigenvalue weighted by atomic mass is 32.2. The molecule has 0 bridgehead atoms. The van der Waals surface area contributed by atoms with E-state index in [0.29, 0.717) is 17.1 Å². The van der Waals surface area contributed by atoms with Crippen LogP contribution < -0.4 is 10.6 Å². The number of hydrogen-bond acceptors (Lipinski definition) is 4. The van der Waals surface area contributed by atoms with Crippen LogP contribution in [0.3, 0.4) is 0 Å². The van der Waals surface area contributed by atoms with Crippen molar-refractivity contribution in [2.45, 2.75) is 43.7 Å². The summed E-state index contributed by atoms with van der Waals surface area (Å²) < 4.78 is 0. The molecule has 0 aliphatic heterocycles. The Morgan fingerprint density at radius 1 is 1.24 bits per heavy atom. The van der Waals surface area contributed by atoms with Crippen molar-refractivity contribution in [1.82, 2.24) is 15.6 Å². The van der Waals surface area contributed by atoms with Crippen LogP contribution in [0.1, 0.15) is 35.3 Å². The van der Waals surface area contributed by atoms with Crippen LogP contribution >= 0.6 is 11.8 Å². The smallest absolute Gasteiger partial charge is 0.254 e. The number of amides is 2. The van der Waals surface area contributed by atoms with Crippen molar-refractivity contribution < 1.29 is 9.59 Å². The van der Waals surface area contributed by atoms with Gasteiger partial charge in [0.05, 0.1) is 5.56 Å². The number of aromatic nitrogens is 1. The Balaban J connectivity index is 2.21. The summed E-state index contributed by atoms with van der Waals surface area (Å²) in [6, 6.07) is 9.02. The molecule has 0 aliphatic rings. The quantitative estimate of drug-likeness (QED) is 0.833. The van der Waals surface area contributed by atoms with Gasteiger partial charge < -0.3 is 10.6 Å². The third-order valence-corrected chi connectivity index (χ3v) is 4.84. The van der Waals surface area contributed by atoms with E-state index < -0.39 is 6.04 Å². The van der Waals surface area contributed by atoms with Gasteiger partial charge in [-0.15, -0.1) is 0 Å². The Labute approximate surface area is 152 Å². The van der Waals surface area contributed by atoms with Crippen molar-refractivity contribution >= 4 is 23.6 Å². The first kappa shape index (κ1) is 19.0.